The Hall–Kier alpha value is -3.44. The minimum Gasteiger partial charge on any atom is -0.380 e. The zero-order valence-electron chi connectivity index (χ0n) is 29.0. The summed E-state index contributed by atoms with van der Waals surface area (Å²) in [6.07, 6.45) is -6.19. The van der Waals surface area contributed by atoms with Crippen LogP contribution in [0.1, 0.15) is 39.5 Å². The summed E-state index contributed by atoms with van der Waals surface area (Å²) in [5.41, 5.74) is -2.19. The molecule has 4 rings (SSSR count). The number of hydrogen-bond acceptors (Lipinski definition) is 7. The Morgan fingerprint density at radius 3 is 2.22 bits per heavy atom. The van der Waals surface area contributed by atoms with Crippen LogP contribution in [0, 0.1) is 5.92 Å². The normalized spacial score (nSPS) is 21.2. The van der Waals surface area contributed by atoms with E-state index in [1.54, 1.807) is 13.2 Å². The number of piperazine rings is 1. The maximum absolute atomic E-state index is 14.2. The molecule has 1 fully saturated rings. The highest BCUT2D eigenvalue weighted by atomic mass is 19.4. The van der Waals surface area contributed by atoms with E-state index in [9.17, 15) is 39.5 Å². The van der Waals surface area contributed by atoms with E-state index < -0.39 is 48.6 Å². The monoisotopic (exact) mass is 737 g/mol. The summed E-state index contributed by atoms with van der Waals surface area (Å²) in [6.45, 7) is 6.77. The molecule has 17 heteroatoms. The van der Waals surface area contributed by atoms with Gasteiger partial charge in [0, 0.05) is 64.5 Å². The summed E-state index contributed by atoms with van der Waals surface area (Å²) in [4.78, 5) is 6.92. The highest BCUT2D eigenvalue weighted by molar-refractivity contribution is 5.49. The van der Waals surface area contributed by atoms with E-state index in [-0.39, 0.29) is 41.9 Å². The van der Waals surface area contributed by atoms with Crippen LogP contribution in [0.15, 0.2) is 70.4 Å². The molecule has 3 unspecified atom stereocenters. The highest BCUT2D eigenvalue weighted by Crippen LogP contribution is 2.38. The van der Waals surface area contributed by atoms with E-state index >= 15 is 0 Å². The van der Waals surface area contributed by atoms with Gasteiger partial charge in [-0.25, -0.2) is 0 Å². The molecular formula is C34H44F9N7O. The predicted octanol–water partition coefficient (Wildman–Crippen LogP) is 7.14. The molecule has 3 atom stereocenters. The molecule has 0 amide bonds. The topological polar surface area (TPSA) is 62.5 Å². The van der Waals surface area contributed by atoms with E-state index in [0.29, 0.717) is 31.2 Å². The smallest absolute Gasteiger partial charge is 0.380 e. The SMILES string of the molecule is CCCC(CN1CCN(C(CC)C2=CC=CC(C(F)(F)F)C=C2CN(CC2=CCC(C(F)(F)F)=CC(C(F)(F)F)=C2)c2nnn(C)n2)CC1)OC. The highest BCUT2D eigenvalue weighted by Gasteiger charge is 2.40. The molecular weight excluding hydrogens is 693 g/mol. The van der Waals surface area contributed by atoms with Crippen molar-refractivity contribution in [3.63, 3.8) is 0 Å². The molecule has 1 aromatic rings. The van der Waals surface area contributed by atoms with Crippen LogP contribution in [0.25, 0.3) is 0 Å². The molecule has 0 spiro atoms. The molecule has 51 heavy (non-hydrogen) atoms. The number of hydrogen-bond donors (Lipinski definition) is 0. The molecule has 3 aliphatic rings. The number of rotatable bonds is 13. The van der Waals surface area contributed by atoms with Crippen molar-refractivity contribution in [3.8, 4) is 0 Å². The van der Waals surface area contributed by atoms with Gasteiger partial charge in [0.2, 0.25) is 0 Å². The fourth-order valence-corrected chi connectivity index (χ4v) is 6.54. The summed E-state index contributed by atoms with van der Waals surface area (Å²) in [7, 11) is 3.12. The number of aromatic nitrogens is 4. The average molecular weight is 738 g/mol. The molecule has 1 saturated heterocycles. The Bertz CT molecular complexity index is 1510. The molecule has 0 radical (unpaired) electrons. The van der Waals surface area contributed by atoms with Gasteiger partial charge in [-0.2, -0.15) is 44.3 Å². The first-order valence-corrected chi connectivity index (χ1v) is 16.8. The van der Waals surface area contributed by atoms with Crippen LogP contribution >= 0.6 is 0 Å². The second kappa shape index (κ2) is 16.9. The molecule has 2 aliphatic carbocycles. The second-order valence-corrected chi connectivity index (χ2v) is 12.9. The van der Waals surface area contributed by atoms with Gasteiger partial charge in [0.15, 0.2) is 0 Å². The van der Waals surface area contributed by atoms with Gasteiger partial charge in [-0.05, 0) is 53.3 Å². The van der Waals surface area contributed by atoms with Crippen molar-refractivity contribution in [2.45, 2.75) is 70.2 Å². The lowest BCUT2D eigenvalue weighted by Gasteiger charge is -2.41. The van der Waals surface area contributed by atoms with Gasteiger partial charge in [-0.3, -0.25) is 9.80 Å². The van der Waals surface area contributed by atoms with Crippen molar-refractivity contribution < 1.29 is 44.3 Å². The van der Waals surface area contributed by atoms with E-state index in [2.05, 4.69) is 32.1 Å². The molecule has 1 aliphatic heterocycles. The molecule has 0 aromatic carbocycles. The largest absolute Gasteiger partial charge is 0.416 e. The van der Waals surface area contributed by atoms with Gasteiger partial charge in [-0.15, -0.1) is 5.10 Å². The molecule has 0 saturated carbocycles. The van der Waals surface area contributed by atoms with Gasteiger partial charge >= 0.3 is 18.5 Å². The average Bonchev–Trinajstić information content (AvgIpc) is 3.22. The number of nitrogens with zero attached hydrogens (tertiary/aromatic N) is 7. The Morgan fingerprint density at radius 2 is 1.67 bits per heavy atom. The first kappa shape index (κ1) is 40.3. The molecule has 0 N–H and O–H groups in total. The fourth-order valence-electron chi connectivity index (χ4n) is 6.54. The number of methoxy groups -OCH3 is 1. The summed E-state index contributed by atoms with van der Waals surface area (Å²) >= 11 is 0. The number of tetrazole rings is 1. The first-order chi connectivity index (χ1) is 23.9. The van der Waals surface area contributed by atoms with Crippen molar-refractivity contribution in [1.29, 1.82) is 0 Å². The summed E-state index contributed by atoms with van der Waals surface area (Å²) in [5, 5.41) is 11.9. The lowest BCUT2D eigenvalue weighted by molar-refractivity contribution is -0.148. The first-order valence-electron chi connectivity index (χ1n) is 16.8. The van der Waals surface area contributed by atoms with E-state index in [1.807, 2.05) is 6.92 Å². The summed E-state index contributed by atoms with van der Waals surface area (Å²) in [6, 6.07) is -0.312. The molecule has 0 bridgehead atoms. The maximum Gasteiger partial charge on any atom is 0.416 e. The third kappa shape index (κ3) is 11.0. The maximum atomic E-state index is 14.2. The number of ether oxygens (including phenoxy) is 1. The van der Waals surface area contributed by atoms with Crippen molar-refractivity contribution in [3.05, 3.63) is 70.4 Å². The van der Waals surface area contributed by atoms with Crippen LogP contribution in [-0.2, 0) is 11.8 Å². The molecule has 2 heterocycles. The lowest BCUT2D eigenvalue weighted by atomic mass is 9.92. The predicted molar refractivity (Wildman–Crippen MR) is 175 cm³/mol. The number of alkyl halides is 9. The Kier molecular flexibility index (Phi) is 13.4. The van der Waals surface area contributed by atoms with Crippen LogP contribution in [0.3, 0.4) is 0 Å². The summed E-state index contributed by atoms with van der Waals surface area (Å²) < 4.78 is 131. The Morgan fingerprint density at radius 1 is 0.961 bits per heavy atom. The van der Waals surface area contributed by atoms with Crippen molar-refractivity contribution in [2.75, 3.05) is 57.8 Å². The van der Waals surface area contributed by atoms with Crippen LogP contribution in [0.4, 0.5) is 45.5 Å². The van der Waals surface area contributed by atoms with Crippen molar-refractivity contribution in [2.24, 2.45) is 13.0 Å². The second-order valence-electron chi connectivity index (χ2n) is 12.9. The van der Waals surface area contributed by atoms with Gasteiger partial charge in [0.1, 0.15) is 0 Å². The van der Waals surface area contributed by atoms with Crippen LogP contribution in [0.2, 0.25) is 0 Å². The van der Waals surface area contributed by atoms with Gasteiger partial charge in [0.25, 0.3) is 5.95 Å². The zero-order valence-corrected chi connectivity index (χ0v) is 29.0. The van der Waals surface area contributed by atoms with Crippen LogP contribution in [-0.4, -0.2) is 114 Å². The standard InChI is InChI=1S/C34H44F9N7O/c1-5-8-28(51-4)22-48-13-15-49(16-14-48)30(6-2)29-10-7-9-25(32(35,36)37)18-24(29)21-50(31-44-46-47(3)45-31)20-23-11-12-26(33(38,39)40)19-27(17-23)34(41,42)43/h7,9-11,17-19,25,28,30H,5-6,8,12-16,20-22H2,1-4H3. The van der Waals surface area contributed by atoms with E-state index in [4.69, 9.17) is 4.74 Å². The minimum absolute atomic E-state index is 0.0769. The number of allylic oxidation sites excluding steroid dienone is 8. The lowest BCUT2D eigenvalue weighted by Crippen LogP contribution is -2.52. The fraction of sp³-hybridized carbons (Fsp3) is 0.618. The van der Waals surface area contributed by atoms with E-state index in [0.717, 1.165) is 55.5 Å². The Balaban J connectivity index is 1.68. The molecule has 284 valence electrons. The quantitative estimate of drug-likeness (QED) is 0.200. The Labute approximate surface area is 291 Å². The zero-order chi connectivity index (χ0) is 37.6. The van der Waals surface area contributed by atoms with Gasteiger partial charge in [-0.1, -0.05) is 55.7 Å². The molecule has 8 nitrogen and oxygen atoms in total. The third-order valence-electron chi connectivity index (χ3n) is 9.18. The number of anilines is 1. The van der Waals surface area contributed by atoms with Gasteiger partial charge in [0.05, 0.1) is 24.6 Å². The van der Waals surface area contributed by atoms with Gasteiger partial charge < -0.3 is 9.64 Å². The van der Waals surface area contributed by atoms with Crippen LogP contribution < -0.4 is 4.90 Å². The number of aryl methyl sites for hydroxylation is 1. The summed E-state index contributed by atoms with van der Waals surface area (Å²) in [5.74, 6) is -2.08. The number of halogens is 9. The molecule has 1 aromatic heterocycles. The third-order valence-corrected chi connectivity index (χ3v) is 9.18. The van der Waals surface area contributed by atoms with Crippen molar-refractivity contribution in [1.82, 2.24) is 30.0 Å². The van der Waals surface area contributed by atoms with E-state index in [1.165, 1.54) is 18.0 Å². The minimum atomic E-state index is -5.10. The van der Waals surface area contributed by atoms with Crippen LogP contribution in [0.5, 0.6) is 0 Å². The van der Waals surface area contributed by atoms with Crippen molar-refractivity contribution >= 4 is 5.95 Å².